The Bertz CT molecular complexity index is 1080. The number of piperidine rings is 1. The van der Waals surface area contributed by atoms with Crippen LogP contribution in [0.1, 0.15) is 41.7 Å². The Balaban J connectivity index is 1.33. The average Bonchev–Trinajstić information content (AvgIpc) is 2.84. The molecule has 0 aliphatic carbocycles. The lowest BCUT2D eigenvalue weighted by Gasteiger charge is -2.28. The highest BCUT2D eigenvalue weighted by Crippen LogP contribution is 2.46. The summed E-state index contributed by atoms with van der Waals surface area (Å²) in [5, 5.41) is 20.0. The van der Waals surface area contributed by atoms with Gasteiger partial charge >= 0.3 is 0 Å². The number of phenols is 2. The van der Waals surface area contributed by atoms with Crippen LogP contribution in [0.4, 0.5) is 0 Å². The topological polar surface area (TPSA) is 62.2 Å². The molecule has 3 aromatic carbocycles. The number of phenolic OH excluding ortho intramolecular Hbond substituents is 2. The first-order valence-electron chi connectivity index (χ1n) is 11.6. The number of nitrogens with zero attached hydrogens (tertiary/aromatic N) is 1. The zero-order chi connectivity index (χ0) is 22.6. The predicted molar refractivity (Wildman–Crippen MR) is 132 cm³/mol. The molecule has 33 heavy (non-hydrogen) atoms. The molecule has 0 radical (unpaired) electrons. The molecule has 5 rings (SSSR count). The highest BCUT2D eigenvalue weighted by molar-refractivity contribution is 7.79. The van der Waals surface area contributed by atoms with Gasteiger partial charge in [-0.3, -0.25) is 4.90 Å². The maximum absolute atomic E-state index is 10.0. The average molecular weight is 465 g/mol. The number of aromatic hydroxyl groups is 2. The molecule has 0 amide bonds. The van der Waals surface area contributed by atoms with E-state index in [9.17, 15) is 10.2 Å². The van der Waals surface area contributed by atoms with E-state index < -0.39 is 0 Å². The minimum absolute atomic E-state index is 0.0164. The maximum Gasteiger partial charge on any atom is 0.198 e. The second kappa shape index (κ2) is 9.98. The first-order chi connectivity index (χ1) is 16.2. The quantitative estimate of drug-likeness (QED) is 0.397. The maximum atomic E-state index is 10.0. The lowest BCUT2D eigenvalue weighted by Crippen LogP contribution is -2.33. The second-order valence-corrected chi connectivity index (χ2v) is 9.98. The highest BCUT2D eigenvalue weighted by atomic mass is 32.2. The van der Waals surface area contributed by atoms with Crippen molar-refractivity contribution in [1.29, 1.82) is 0 Å². The fraction of sp³-hybridized carbons (Fsp3) is 0.333. The van der Waals surface area contributed by atoms with Gasteiger partial charge in [0.15, 0.2) is 22.0 Å². The van der Waals surface area contributed by atoms with Crippen LogP contribution < -0.4 is 9.47 Å². The van der Waals surface area contributed by atoms with Crippen molar-refractivity contribution in [3.05, 3.63) is 77.9 Å². The largest absolute Gasteiger partial charge is 0.508 e. The standard InChI is InChI=1S/C27H29NO4S/c29-21-6-4-5-20(17-21)27-26(32-24-12-9-22(30)18-25(24)33-27)19-7-10-23(11-8-19)31-16-15-28-13-2-1-3-14-28/h4-12,17-18,26-27,29-30H,1-3,13-16H2/p+1/t26-,27+/m0/s1. The Morgan fingerprint density at radius 3 is 2.45 bits per heavy atom. The van der Waals surface area contributed by atoms with Crippen LogP contribution in [0.5, 0.6) is 23.0 Å². The molecule has 0 bridgehead atoms. The molecule has 2 heterocycles. The summed E-state index contributed by atoms with van der Waals surface area (Å²) in [5.74, 6) is 2.10. The van der Waals surface area contributed by atoms with Gasteiger partial charge in [0.2, 0.25) is 0 Å². The number of fused-ring (bicyclic) bond motifs is 1. The molecule has 0 saturated carbocycles. The smallest absolute Gasteiger partial charge is 0.198 e. The molecule has 0 spiro atoms. The molecular weight excluding hydrogens is 434 g/mol. The van der Waals surface area contributed by atoms with E-state index >= 15 is 0 Å². The van der Waals surface area contributed by atoms with Crippen molar-refractivity contribution in [3.8, 4) is 23.0 Å². The van der Waals surface area contributed by atoms with Crippen molar-refractivity contribution in [2.45, 2.75) is 35.5 Å². The van der Waals surface area contributed by atoms with Crippen molar-refractivity contribution in [3.63, 3.8) is 0 Å². The molecule has 0 aromatic heterocycles. The number of rotatable bonds is 6. The van der Waals surface area contributed by atoms with E-state index in [2.05, 4.69) is 17.0 Å². The molecule has 1 fully saturated rings. The summed E-state index contributed by atoms with van der Waals surface area (Å²) in [7, 11) is 0. The Kier molecular flexibility index (Phi) is 6.65. The van der Waals surface area contributed by atoms with Crippen LogP contribution in [0.15, 0.2) is 71.6 Å². The van der Waals surface area contributed by atoms with Gasteiger partial charge in [-0.15, -0.1) is 0 Å². The van der Waals surface area contributed by atoms with Crippen molar-refractivity contribution in [2.24, 2.45) is 0 Å². The van der Waals surface area contributed by atoms with E-state index in [4.69, 9.17) is 9.47 Å². The molecule has 2 N–H and O–H groups in total. The van der Waals surface area contributed by atoms with E-state index in [0.717, 1.165) is 45.8 Å². The van der Waals surface area contributed by atoms with Crippen molar-refractivity contribution in [1.82, 2.24) is 4.90 Å². The Hall–Kier alpha value is -2.83. The van der Waals surface area contributed by atoms with Gasteiger partial charge < -0.3 is 19.7 Å². The number of ether oxygens (including phenoxy) is 2. The number of benzene rings is 3. The van der Waals surface area contributed by atoms with Gasteiger partial charge in [0, 0.05) is 29.9 Å². The van der Waals surface area contributed by atoms with Crippen molar-refractivity contribution >= 4 is 11.8 Å². The summed E-state index contributed by atoms with van der Waals surface area (Å²) >= 11 is 1.02. The van der Waals surface area contributed by atoms with E-state index in [-0.39, 0.29) is 22.9 Å². The van der Waals surface area contributed by atoms with Crippen LogP contribution in [0.2, 0.25) is 0 Å². The summed E-state index contributed by atoms with van der Waals surface area (Å²) in [6.07, 6.45) is 3.71. The van der Waals surface area contributed by atoms with Gasteiger partial charge in [0.1, 0.15) is 23.9 Å². The van der Waals surface area contributed by atoms with E-state index in [1.54, 1.807) is 24.3 Å². The molecule has 3 aromatic rings. The van der Waals surface area contributed by atoms with Gasteiger partial charge in [0.25, 0.3) is 0 Å². The van der Waals surface area contributed by atoms with Gasteiger partial charge in [-0.05, 0) is 67.9 Å². The van der Waals surface area contributed by atoms with E-state index in [0.29, 0.717) is 6.61 Å². The molecule has 2 aliphatic heterocycles. The van der Waals surface area contributed by atoms with Crippen LogP contribution in [-0.2, 0) is 11.8 Å². The molecule has 5 nitrogen and oxygen atoms in total. The third-order valence-electron chi connectivity index (χ3n) is 6.31. The second-order valence-electron chi connectivity index (χ2n) is 8.68. The summed E-state index contributed by atoms with van der Waals surface area (Å²) in [4.78, 5) is 3.42. The SMILES string of the molecule is Oc1cccc([C@H]2[SH+]c3cc(O)ccc3O[C@H]2c2ccc(OCCN3CCCCC3)cc2)c1. The number of hydrogen-bond acceptors (Lipinski definition) is 5. The van der Waals surface area contributed by atoms with Crippen molar-refractivity contribution < 1.29 is 19.7 Å². The van der Waals surface area contributed by atoms with Gasteiger partial charge in [-0.2, -0.15) is 0 Å². The lowest BCUT2D eigenvalue weighted by molar-refractivity contribution is 0.182. The van der Waals surface area contributed by atoms with Crippen LogP contribution in [0.25, 0.3) is 0 Å². The number of hydrogen-bond donors (Lipinski definition) is 2. The monoisotopic (exact) mass is 464 g/mol. The normalized spacial score (nSPS) is 20.6. The molecule has 0 unspecified atom stereocenters. The Morgan fingerprint density at radius 2 is 1.67 bits per heavy atom. The number of thiol groups is 1. The Morgan fingerprint density at radius 1 is 0.879 bits per heavy atom. The first kappa shape index (κ1) is 22.0. The zero-order valence-electron chi connectivity index (χ0n) is 18.6. The minimum atomic E-state index is -0.215. The molecule has 2 atom stereocenters. The van der Waals surface area contributed by atoms with Crippen LogP contribution in [0.3, 0.4) is 0 Å². The third kappa shape index (κ3) is 5.23. The summed E-state index contributed by atoms with van der Waals surface area (Å²) in [6, 6.07) is 20.7. The summed E-state index contributed by atoms with van der Waals surface area (Å²) < 4.78 is 12.4. The van der Waals surface area contributed by atoms with Crippen molar-refractivity contribution in [2.75, 3.05) is 26.2 Å². The molecule has 6 heteroatoms. The van der Waals surface area contributed by atoms with E-state index in [1.807, 2.05) is 30.3 Å². The van der Waals surface area contributed by atoms with Crippen LogP contribution >= 0.6 is 0 Å². The highest BCUT2D eigenvalue weighted by Gasteiger charge is 2.40. The molecule has 2 aliphatic rings. The van der Waals surface area contributed by atoms with Crippen LogP contribution in [-0.4, -0.2) is 41.4 Å². The Labute approximate surface area is 199 Å². The van der Waals surface area contributed by atoms with Gasteiger partial charge in [-0.25, -0.2) is 0 Å². The minimum Gasteiger partial charge on any atom is -0.508 e. The fourth-order valence-electron chi connectivity index (χ4n) is 4.56. The van der Waals surface area contributed by atoms with E-state index in [1.165, 1.54) is 32.4 Å². The number of likely N-dealkylation sites (tertiary alicyclic amines) is 1. The molecule has 1 saturated heterocycles. The third-order valence-corrected chi connectivity index (χ3v) is 7.78. The van der Waals surface area contributed by atoms with Gasteiger partial charge in [0.05, 0.1) is 0 Å². The van der Waals surface area contributed by atoms with Gasteiger partial charge in [-0.1, -0.05) is 30.7 Å². The molecular formula is C27H30NO4S+. The van der Waals surface area contributed by atoms with Crippen LogP contribution in [0, 0.1) is 0 Å². The predicted octanol–water partition coefficient (Wildman–Crippen LogP) is 5.01. The zero-order valence-corrected chi connectivity index (χ0v) is 19.5. The summed E-state index contributed by atoms with van der Waals surface area (Å²) in [6.45, 7) is 4.02. The first-order valence-corrected chi connectivity index (χ1v) is 12.6. The molecule has 172 valence electrons. The fourth-order valence-corrected chi connectivity index (χ4v) is 6.00. The summed E-state index contributed by atoms with van der Waals surface area (Å²) in [5.41, 5.74) is 2.05. The lowest BCUT2D eigenvalue weighted by atomic mass is 10.00.